The van der Waals surface area contributed by atoms with E-state index in [-0.39, 0.29) is 25.7 Å². The number of aliphatic hydroxyl groups is 1. The van der Waals surface area contributed by atoms with E-state index < -0.39 is 97.5 Å². The Kier molecular flexibility index (Phi) is 77.5. The molecule has 0 aliphatic heterocycles. The van der Waals surface area contributed by atoms with Crippen LogP contribution in [0.3, 0.4) is 0 Å². The van der Waals surface area contributed by atoms with E-state index in [9.17, 15) is 43.2 Å². The molecule has 0 heterocycles. The van der Waals surface area contributed by atoms with E-state index >= 15 is 0 Å². The third kappa shape index (κ3) is 82.1. The van der Waals surface area contributed by atoms with Crippen LogP contribution in [0.2, 0.25) is 0 Å². The predicted molar refractivity (Wildman–Crippen MR) is 446 cm³/mol. The number of hydrogen-bond acceptors (Lipinski definition) is 15. The third-order valence-electron chi connectivity index (χ3n) is 20.9. The molecule has 642 valence electrons. The van der Waals surface area contributed by atoms with Gasteiger partial charge >= 0.3 is 39.5 Å². The summed E-state index contributed by atoms with van der Waals surface area (Å²) in [6.07, 6.45) is 71.0. The first-order chi connectivity index (χ1) is 52.2. The zero-order valence-electron chi connectivity index (χ0n) is 71.3. The van der Waals surface area contributed by atoms with Crippen molar-refractivity contribution in [2.75, 3.05) is 39.6 Å². The van der Waals surface area contributed by atoms with Crippen LogP contribution in [0.4, 0.5) is 0 Å². The van der Waals surface area contributed by atoms with Gasteiger partial charge in [0.05, 0.1) is 26.4 Å². The van der Waals surface area contributed by atoms with Crippen LogP contribution in [-0.4, -0.2) is 96.7 Å². The molecule has 2 unspecified atom stereocenters. The van der Waals surface area contributed by atoms with E-state index in [1.165, 1.54) is 283 Å². The summed E-state index contributed by atoms with van der Waals surface area (Å²) in [6.45, 7) is 12.0. The molecule has 3 N–H and O–H groups in total. The molecule has 19 heteroatoms. The summed E-state index contributed by atoms with van der Waals surface area (Å²) in [5.74, 6) is 0.225. The first-order valence-electron chi connectivity index (χ1n) is 45.8. The number of phosphoric ester groups is 2. The summed E-state index contributed by atoms with van der Waals surface area (Å²) in [5, 5.41) is 10.7. The first-order valence-corrected chi connectivity index (χ1v) is 48.8. The van der Waals surface area contributed by atoms with Gasteiger partial charge in [0.25, 0.3) is 0 Å². The van der Waals surface area contributed by atoms with Crippen LogP contribution in [0, 0.1) is 17.8 Å². The van der Waals surface area contributed by atoms with E-state index in [0.29, 0.717) is 25.7 Å². The summed E-state index contributed by atoms with van der Waals surface area (Å²) in [4.78, 5) is 73.3. The Morgan fingerprint density at radius 2 is 0.426 bits per heavy atom. The molecule has 17 nitrogen and oxygen atoms in total. The number of phosphoric acid groups is 2. The Balaban J connectivity index is 5.23. The Labute approximate surface area is 664 Å². The molecule has 0 fully saturated rings. The maximum Gasteiger partial charge on any atom is 0.472 e. The van der Waals surface area contributed by atoms with Crippen LogP contribution in [0.5, 0.6) is 0 Å². The molecule has 0 saturated carbocycles. The third-order valence-corrected chi connectivity index (χ3v) is 22.8. The molecule has 0 bridgehead atoms. The number of carbonyl (C=O) groups is 4. The minimum atomic E-state index is -4.97. The fourth-order valence-electron chi connectivity index (χ4n) is 13.9. The molecule has 0 aromatic carbocycles. The van der Waals surface area contributed by atoms with Crippen molar-refractivity contribution in [2.45, 2.75) is 491 Å². The molecule has 0 aromatic rings. The normalized spacial score (nSPS) is 13.8. The minimum Gasteiger partial charge on any atom is -0.462 e. The summed E-state index contributed by atoms with van der Waals surface area (Å²) in [5.41, 5.74) is 0. The van der Waals surface area contributed by atoms with Crippen LogP contribution < -0.4 is 0 Å². The number of ether oxygens (including phenoxy) is 4. The lowest BCUT2D eigenvalue weighted by atomic mass is 10.0. The highest BCUT2D eigenvalue weighted by Gasteiger charge is 2.31. The van der Waals surface area contributed by atoms with Crippen molar-refractivity contribution >= 4 is 39.5 Å². The van der Waals surface area contributed by atoms with Crippen molar-refractivity contribution in [3.8, 4) is 0 Å². The van der Waals surface area contributed by atoms with Crippen LogP contribution in [-0.2, 0) is 65.4 Å². The van der Waals surface area contributed by atoms with E-state index in [2.05, 4.69) is 48.5 Å². The topological polar surface area (TPSA) is 237 Å². The lowest BCUT2D eigenvalue weighted by Crippen LogP contribution is -2.30. The van der Waals surface area contributed by atoms with Crippen LogP contribution in [0.15, 0.2) is 0 Å². The van der Waals surface area contributed by atoms with E-state index in [1.54, 1.807) is 0 Å². The van der Waals surface area contributed by atoms with Gasteiger partial charge in [-0.05, 0) is 43.4 Å². The molecular weight excluding hydrogens is 1400 g/mol. The van der Waals surface area contributed by atoms with Crippen molar-refractivity contribution in [3.63, 3.8) is 0 Å². The second-order valence-electron chi connectivity index (χ2n) is 33.4. The summed E-state index contributed by atoms with van der Waals surface area (Å²) in [6, 6.07) is 0. The van der Waals surface area contributed by atoms with Gasteiger partial charge in [-0.15, -0.1) is 0 Å². The largest absolute Gasteiger partial charge is 0.472 e. The fourth-order valence-corrected chi connectivity index (χ4v) is 15.5. The molecule has 5 atom stereocenters. The van der Waals surface area contributed by atoms with Crippen LogP contribution in [0.25, 0.3) is 0 Å². The zero-order valence-corrected chi connectivity index (χ0v) is 73.1. The molecule has 0 aliphatic carbocycles. The second kappa shape index (κ2) is 78.9. The van der Waals surface area contributed by atoms with Gasteiger partial charge in [-0.1, -0.05) is 421 Å². The highest BCUT2D eigenvalue weighted by atomic mass is 31.2. The quantitative estimate of drug-likeness (QED) is 0.0222. The summed E-state index contributed by atoms with van der Waals surface area (Å²) >= 11 is 0. The highest BCUT2D eigenvalue weighted by Crippen LogP contribution is 2.45. The van der Waals surface area contributed by atoms with E-state index in [4.69, 9.17) is 37.0 Å². The van der Waals surface area contributed by atoms with Gasteiger partial charge in [0.1, 0.15) is 19.3 Å². The van der Waals surface area contributed by atoms with Crippen LogP contribution >= 0.6 is 15.6 Å². The van der Waals surface area contributed by atoms with Crippen molar-refractivity contribution < 1.29 is 80.2 Å². The minimum absolute atomic E-state index is 0.107. The van der Waals surface area contributed by atoms with Gasteiger partial charge in [0.15, 0.2) is 12.2 Å². The van der Waals surface area contributed by atoms with E-state index in [0.717, 1.165) is 108 Å². The van der Waals surface area contributed by atoms with Gasteiger partial charge in [0.2, 0.25) is 0 Å². The number of rotatable bonds is 87. The summed E-state index contributed by atoms with van der Waals surface area (Å²) < 4.78 is 69.0. The molecule has 108 heavy (non-hydrogen) atoms. The van der Waals surface area contributed by atoms with E-state index in [1.807, 2.05) is 0 Å². The number of aliphatic hydroxyl groups excluding tert-OH is 1. The Morgan fingerprint density at radius 1 is 0.250 bits per heavy atom. The number of esters is 4. The first kappa shape index (κ1) is 106. The van der Waals surface area contributed by atoms with Gasteiger partial charge in [-0.2, -0.15) is 0 Å². The number of hydrogen-bond donors (Lipinski definition) is 3. The SMILES string of the molecule is CCCCCCCCCCCCCCCCCCCCCCCCC(=O)O[C@H](COC(=O)CCCCCCCCCCCCCCCCCC(C)C)COP(=O)(O)OC[C@@H](O)COP(=O)(O)OC[C@@H](COC(=O)CCCCCCCCCCC(C)C)OC(=O)CCCCCCCCCCCCCCCCC(C)C. The maximum absolute atomic E-state index is 13.2. The fraction of sp³-hybridized carbons (Fsp3) is 0.955. The van der Waals surface area contributed by atoms with Gasteiger partial charge < -0.3 is 33.8 Å². The highest BCUT2D eigenvalue weighted by molar-refractivity contribution is 7.47. The van der Waals surface area contributed by atoms with Gasteiger partial charge in [-0.3, -0.25) is 37.3 Å². The molecule has 0 spiro atoms. The molecule has 0 saturated heterocycles. The Morgan fingerprint density at radius 3 is 0.630 bits per heavy atom. The van der Waals surface area contributed by atoms with Crippen molar-refractivity contribution in [2.24, 2.45) is 17.8 Å². The Hall–Kier alpha value is -1.94. The molecule has 0 rings (SSSR count). The molecular formula is C89H174O17P2. The van der Waals surface area contributed by atoms with Gasteiger partial charge in [0, 0.05) is 25.7 Å². The van der Waals surface area contributed by atoms with Gasteiger partial charge in [-0.25, -0.2) is 9.13 Å². The maximum atomic E-state index is 13.2. The average molecular weight is 1580 g/mol. The molecule has 0 radical (unpaired) electrons. The molecule has 0 aromatic heterocycles. The standard InChI is InChI=1S/C89H174O17P2/c1-8-9-10-11-12-13-14-15-16-17-18-19-20-21-22-25-32-37-42-51-58-65-72-88(93)105-84(76-99-86(91)70-63-56-49-41-36-31-26-23-24-29-34-39-46-53-60-67-80(2)3)78-103-107(95,96)101-74-83(90)75-102-108(97,98)104-79-85(77-100-87(92)71-64-57-50-45-44-48-55-62-69-82(6)7)106-89(94)73-66-59-52-43-38-33-28-27-30-35-40-47-54-61-68-81(4)5/h80-85,90H,8-79H2,1-7H3,(H,95,96)(H,97,98)/t83-,84-,85-/m1/s1. The molecule has 0 amide bonds. The summed E-state index contributed by atoms with van der Waals surface area (Å²) in [7, 11) is -9.93. The van der Waals surface area contributed by atoms with Crippen molar-refractivity contribution in [1.29, 1.82) is 0 Å². The number of carbonyl (C=O) groups excluding carboxylic acids is 4. The molecule has 0 aliphatic rings. The lowest BCUT2D eigenvalue weighted by molar-refractivity contribution is -0.161. The smallest absolute Gasteiger partial charge is 0.462 e. The van der Waals surface area contributed by atoms with Crippen LogP contribution in [0.1, 0.15) is 472 Å². The monoisotopic (exact) mass is 1580 g/mol. The average Bonchev–Trinajstić information content (AvgIpc) is 0.900. The lowest BCUT2D eigenvalue weighted by Gasteiger charge is -2.21. The van der Waals surface area contributed by atoms with Crippen molar-refractivity contribution in [3.05, 3.63) is 0 Å². The second-order valence-corrected chi connectivity index (χ2v) is 36.3. The number of unbranched alkanes of at least 4 members (excludes halogenated alkanes) is 55. The van der Waals surface area contributed by atoms with Crippen molar-refractivity contribution in [1.82, 2.24) is 0 Å². The predicted octanol–water partition coefficient (Wildman–Crippen LogP) is 27.3. The Bertz CT molecular complexity index is 2080. The zero-order chi connectivity index (χ0) is 79.3.